The number of nitrogens with zero attached hydrogens (tertiary/aromatic N) is 2. The topological polar surface area (TPSA) is 48.2 Å². The lowest BCUT2D eigenvalue weighted by atomic mass is 10.3. The van der Waals surface area contributed by atoms with Gasteiger partial charge in [0.15, 0.2) is 12.4 Å². The largest absolute Gasteiger partial charge is 0.482 e. The van der Waals surface area contributed by atoms with Gasteiger partial charge in [0.2, 0.25) is 0 Å². The number of aromatic nitrogens is 2. The van der Waals surface area contributed by atoms with Crippen molar-refractivity contribution in [3.63, 3.8) is 0 Å². The molecular formula is C14H10Cl2N2O2S2. The molecule has 2 heterocycles. The molecule has 22 heavy (non-hydrogen) atoms. The van der Waals surface area contributed by atoms with Crippen molar-refractivity contribution >= 4 is 46.3 Å². The molecule has 0 saturated heterocycles. The summed E-state index contributed by atoms with van der Waals surface area (Å²) in [7, 11) is 0. The van der Waals surface area contributed by atoms with E-state index in [0.717, 1.165) is 0 Å². The van der Waals surface area contributed by atoms with Gasteiger partial charge in [-0.2, -0.15) is 4.98 Å². The van der Waals surface area contributed by atoms with Crippen LogP contribution < -0.4 is 4.74 Å². The molecule has 0 spiro atoms. The summed E-state index contributed by atoms with van der Waals surface area (Å²) in [5.74, 6) is 2.23. The van der Waals surface area contributed by atoms with Crippen LogP contribution in [-0.2, 0) is 12.4 Å². The lowest BCUT2D eigenvalue weighted by molar-refractivity contribution is 0.242. The number of rotatable bonds is 6. The first-order valence-corrected chi connectivity index (χ1v) is 8.88. The third kappa shape index (κ3) is 4.16. The van der Waals surface area contributed by atoms with Crippen molar-refractivity contribution in [2.45, 2.75) is 16.6 Å². The van der Waals surface area contributed by atoms with Crippen LogP contribution in [0.1, 0.15) is 11.7 Å². The van der Waals surface area contributed by atoms with Gasteiger partial charge in [0.05, 0.1) is 15.0 Å². The number of hydrogen-bond acceptors (Lipinski definition) is 6. The first-order chi connectivity index (χ1) is 10.7. The van der Waals surface area contributed by atoms with E-state index in [2.05, 4.69) is 16.2 Å². The minimum atomic E-state index is 0.165. The number of thiophene rings is 1. The Morgan fingerprint density at radius 1 is 1.27 bits per heavy atom. The van der Waals surface area contributed by atoms with Gasteiger partial charge in [-0.25, -0.2) is 0 Å². The van der Waals surface area contributed by atoms with E-state index in [1.807, 2.05) is 11.4 Å². The second-order valence-electron chi connectivity index (χ2n) is 4.19. The maximum absolute atomic E-state index is 6.03. The molecule has 4 nitrogen and oxygen atoms in total. The number of ether oxygens (including phenoxy) is 1. The Morgan fingerprint density at radius 2 is 2.18 bits per heavy atom. The Labute approximate surface area is 145 Å². The number of halogens is 2. The third-order valence-corrected chi connectivity index (χ3v) is 5.25. The van der Waals surface area contributed by atoms with Gasteiger partial charge in [-0.1, -0.05) is 34.4 Å². The first-order valence-electron chi connectivity index (χ1n) is 6.26. The Morgan fingerprint density at radius 3 is 2.95 bits per heavy atom. The molecule has 0 amide bonds. The lowest BCUT2D eigenvalue weighted by Crippen LogP contribution is -1.96. The summed E-state index contributed by atoms with van der Waals surface area (Å²) < 4.78 is 11.9. The van der Waals surface area contributed by atoms with E-state index >= 15 is 0 Å². The number of thioether (sulfide) groups is 1. The summed E-state index contributed by atoms with van der Waals surface area (Å²) in [5, 5.41) is 6.97. The second-order valence-corrected chi connectivity index (χ2v) is 7.26. The fourth-order valence-electron chi connectivity index (χ4n) is 1.62. The molecule has 0 aliphatic rings. The molecule has 0 saturated carbocycles. The molecule has 0 atom stereocenters. The standard InChI is InChI=1S/C14H10Cl2N2O2S2/c15-9-3-4-11(10(16)6-9)19-7-13-17-12(18-20-13)8-22-14-2-1-5-21-14/h1-6H,7-8H2. The Hall–Kier alpha value is -1.21. The summed E-state index contributed by atoms with van der Waals surface area (Å²) in [6, 6.07) is 9.10. The highest BCUT2D eigenvalue weighted by Crippen LogP contribution is 2.28. The highest BCUT2D eigenvalue weighted by molar-refractivity contribution is 8.00. The molecule has 0 bridgehead atoms. The van der Waals surface area contributed by atoms with Gasteiger partial charge in [-0.3, -0.25) is 0 Å². The van der Waals surface area contributed by atoms with Gasteiger partial charge in [0.25, 0.3) is 5.89 Å². The maximum atomic E-state index is 6.03. The van der Waals surface area contributed by atoms with Crippen molar-refractivity contribution in [1.29, 1.82) is 0 Å². The van der Waals surface area contributed by atoms with Gasteiger partial charge < -0.3 is 9.26 Å². The van der Waals surface area contributed by atoms with Crippen LogP contribution in [0.2, 0.25) is 10.0 Å². The molecule has 0 aliphatic carbocycles. The van der Waals surface area contributed by atoms with Crippen molar-refractivity contribution < 1.29 is 9.26 Å². The van der Waals surface area contributed by atoms with E-state index in [0.29, 0.717) is 33.3 Å². The smallest absolute Gasteiger partial charge is 0.264 e. The van der Waals surface area contributed by atoms with Gasteiger partial charge in [-0.05, 0) is 29.6 Å². The zero-order valence-electron chi connectivity index (χ0n) is 11.2. The predicted octanol–water partition coefficient (Wildman–Crippen LogP) is 5.31. The first kappa shape index (κ1) is 15.7. The highest BCUT2D eigenvalue weighted by Gasteiger charge is 2.09. The van der Waals surface area contributed by atoms with Gasteiger partial charge in [-0.15, -0.1) is 23.1 Å². The molecule has 114 valence electrons. The number of hydrogen-bond donors (Lipinski definition) is 0. The molecule has 1 aromatic carbocycles. The quantitative estimate of drug-likeness (QED) is 0.548. The predicted molar refractivity (Wildman–Crippen MR) is 89.0 cm³/mol. The van der Waals surface area contributed by atoms with E-state index < -0.39 is 0 Å². The molecule has 0 radical (unpaired) electrons. The summed E-state index contributed by atoms with van der Waals surface area (Å²) in [6.07, 6.45) is 0. The summed E-state index contributed by atoms with van der Waals surface area (Å²) >= 11 is 15.2. The molecule has 3 rings (SSSR count). The van der Waals surface area contributed by atoms with Gasteiger partial charge >= 0.3 is 0 Å². The molecule has 2 aromatic heterocycles. The van der Waals surface area contributed by atoms with Crippen LogP contribution in [0, 0.1) is 0 Å². The molecule has 0 N–H and O–H groups in total. The fourth-order valence-corrected chi connectivity index (χ4v) is 3.71. The molecule has 0 aliphatic heterocycles. The zero-order valence-corrected chi connectivity index (χ0v) is 14.3. The maximum Gasteiger partial charge on any atom is 0.264 e. The Bertz CT molecular complexity index is 747. The van der Waals surface area contributed by atoms with Crippen molar-refractivity contribution in [2.24, 2.45) is 0 Å². The van der Waals surface area contributed by atoms with Crippen molar-refractivity contribution in [3.8, 4) is 5.75 Å². The summed E-state index contributed by atoms with van der Waals surface area (Å²) in [4.78, 5) is 4.28. The van der Waals surface area contributed by atoms with Crippen LogP contribution in [0.15, 0.2) is 44.4 Å². The second kappa shape index (κ2) is 7.37. The van der Waals surface area contributed by atoms with E-state index in [1.54, 1.807) is 41.3 Å². The SMILES string of the molecule is Clc1ccc(OCc2nc(CSc3cccs3)no2)c(Cl)c1. The van der Waals surface area contributed by atoms with Crippen LogP contribution in [-0.4, -0.2) is 10.1 Å². The van der Waals surface area contributed by atoms with Crippen LogP contribution in [0.5, 0.6) is 5.75 Å². The van der Waals surface area contributed by atoms with E-state index in [1.165, 1.54) is 4.21 Å². The van der Waals surface area contributed by atoms with Crippen LogP contribution in [0.3, 0.4) is 0 Å². The van der Waals surface area contributed by atoms with Crippen molar-refractivity contribution in [3.05, 3.63) is 57.5 Å². The van der Waals surface area contributed by atoms with Crippen molar-refractivity contribution in [2.75, 3.05) is 0 Å². The normalized spacial score (nSPS) is 10.8. The van der Waals surface area contributed by atoms with E-state index in [4.69, 9.17) is 32.5 Å². The minimum Gasteiger partial charge on any atom is -0.482 e. The zero-order chi connectivity index (χ0) is 15.4. The van der Waals surface area contributed by atoms with E-state index in [-0.39, 0.29) is 6.61 Å². The molecule has 3 aromatic rings. The van der Waals surface area contributed by atoms with Crippen LogP contribution in [0.25, 0.3) is 0 Å². The Kier molecular flexibility index (Phi) is 5.25. The van der Waals surface area contributed by atoms with Gasteiger partial charge in [0.1, 0.15) is 5.75 Å². The highest BCUT2D eigenvalue weighted by atomic mass is 35.5. The minimum absolute atomic E-state index is 0.165. The summed E-state index contributed by atoms with van der Waals surface area (Å²) in [6.45, 7) is 0.165. The molecule has 0 unspecified atom stereocenters. The fraction of sp³-hybridized carbons (Fsp3) is 0.143. The molecule has 0 fully saturated rings. The molecular weight excluding hydrogens is 363 g/mol. The van der Waals surface area contributed by atoms with Crippen LogP contribution in [0.4, 0.5) is 0 Å². The average Bonchev–Trinajstić information content (AvgIpc) is 3.16. The molecule has 8 heteroatoms. The third-order valence-electron chi connectivity index (χ3n) is 2.59. The monoisotopic (exact) mass is 372 g/mol. The Balaban J connectivity index is 1.55. The average molecular weight is 373 g/mol. The van der Waals surface area contributed by atoms with Crippen LogP contribution >= 0.6 is 46.3 Å². The summed E-state index contributed by atoms with van der Waals surface area (Å²) in [5.41, 5.74) is 0. The van der Waals surface area contributed by atoms with E-state index in [9.17, 15) is 0 Å². The van der Waals surface area contributed by atoms with Gasteiger partial charge in [0, 0.05) is 5.02 Å². The van der Waals surface area contributed by atoms with Crippen molar-refractivity contribution in [1.82, 2.24) is 10.1 Å². The number of benzene rings is 1. The lowest BCUT2D eigenvalue weighted by Gasteiger charge is -2.05.